The van der Waals surface area contributed by atoms with Gasteiger partial charge in [0, 0.05) is 18.4 Å². The Labute approximate surface area is 129 Å². The van der Waals surface area contributed by atoms with Gasteiger partial charge in [0.25, 0.3) is 0 Å². The highest BCUT2D eigenvalue weighted by molar-refractivity contribution is 7.99. The monoisotopic (exact) mass is 304 g/mol. The van der Waals surface area contributed by atoms with E-state index in [1.165, 1.54) is 4.90 Å². The van der Waals surface area contributed by atoms with Crippen molar-refractivity contribution in [1.29, 1.82) is 0 Å². The van der Waals surface area contributed by atoms with Gasteiger partial charge in [-0.1, -0.05) is 18.2 Å². The van der Waals surface area contributed by atoms with Crippen molar-refractivity contribution < 1.29 is 4.79 Å². The first-order valence-electron chi connectivity index (χ1n) is 6.95. The summed E-state index contributed by atoms with van der Waals surface area (Å²) in [6, 6.07) is 10.2. The molecule has 1 heterocycles. The molecule has 1 aromatic heterocycles. The molecule has 2 rings (SSSR count). The van der Waals surface area contributed by atoms with Crippen LogP contribution < -0.4 is 0 Å². The lowest BCUT2D eigenvalue weighted by molar-refractivity contribution is -0.130. The number of carbonyl (C=O) groups is 1. The number of aromatic nitrogens is 3. The van der Waals surface area contributed by atoms with Crippen LogP contribution >= 0.6 is 11.8 Å². The Morgan fingerprint density at radius 2 is 2.10 bits per heavy atom. The number of nitrogens with one attached hydrogen (secondary N) is 1. The number of carbonyl (C=O) groups excluding carboxylic acids is 1. The molecule has 1 amide bonds. The zero-order chi connectivity index (χ0) is 15.1. The Balaban J connectivity index is 1.67. The van der Waals surface area contributed by atoms with Crippen LogP contribution in [0.25, 0.3) is 0 Å². The summed E-state index contributed by atoms with van der Waals surface area (Å²) in [5.41, 5.74) is 0. The first-order chi connectivity index (χ1) is 10.1. The Morgan fingerprint density at radius 3 is 2.76 bits per heavy atom. The number of nitrogens with zero attached hydrogens (tertiary/aromatic N) is 3. The maximum Gasteiger partial charge on any atom is 0.222 e. The van der Waals surface area contributed by atoms with Crippen molar-refractivity contribution in [3.05, 3.63) is 42.0 Å². The number of aryl methyl sites for hydroxylation is 1. The maximum atomic E-state index is 12.0. The second-order valence-electron chi connectivity index (χ2n) is 4.85. The van der Waals surface area contributed by atoms with E-state index in [0.717, 1.165) is 18.0 Å². The number of amides is 1. The van der Waals surface area contributed by atoms with Gasteiger partial charge in [-0.3, -0.25) is 9.89 Å². The summed E-state index contributed by atoms with van der Waals surface area (Å²) in [6.07, 6.45) is 1.43. The minimum atomic E-state index is 0.131. The molecule has 0 aliphatic heterocycles. The van der Waals surface area contributed by atoms with E-state index in [9.17, 15) is 4.79 Å². The second-order valence-corrected chi connectivity index (χ2v) is 6.02. The smallest absolute Gasteiger partial charge is 0.222 e. The van der Waals surface area contributed by atoms with Crippen LogP contribution in [-0.4, -0.2) is 38.8 Å². The number of hydrogen-bond donors (Lipinski definition) is 1. The van der Waals surface area contributed by atoms with Gasteiger partial charge in [0.05, 0.1) is 6.54 Å². The maximum absolute atomic E-state index is 12.0. The normalized spacial score (nSPS) is 10.6. The molecule has 0 aliphatic carbocycles. The Bertz CT molecular complexity index is 570. The van der Waals surface area contributed by atoms with Crippen molar-refractivity contribution in [2.45, 2.75) is 31.2 Å². The summed E-state index contributed by atoms with van der Waals surface area (Å²) in [7, 11) is 1.79. The van der Waals surface area contributed by atoms with E-state index in [0.29, 0.717) is 18.8 Å². The number of hydrogen-bond acceptors (Lipinski definition) is 4. The summed E-state index contributed by atoms with van der Waals surface area (Å²) >= 11 is 1.78. The largest absolute Gasteiger partial charge is 0.338 e. The third-order valence-corrected chi connectivity index (χ3v) is 4.09. The third kappa shape index (κ3) is 5.23. The van der Waals surface area contributed by atoms with E-state index in [2.05, 4.69) is 27.3 Å². The van der Waals surface area contributed by atoms with Gasteiger partial charge in [0.2, 0.25) is 5.91 Å². The van der Waals surface area contributed by atoms with Crippen LogP contribution in [0.15, 0.2) is 35.2 Å². The number of benzene rings is 1. The molecule has 1 N–H and O–H groups in total. The van der Waals surface area contributed by atoms with Gasteiger partial charge in [-0.05, 0) is 31.2 Å². The average Bonchev–Trinajstić information content (AvgIpc) is 2.89. The van der Waals surface area contributed by atoms with Crippen LogP contribution in [0.3, 0.4) is 0 Å². The second kappa shape index (κ2) is 7.83. The molecule has 0 aliphatic rings. The third-order valence-electron chi connectivity index (χ3n) is 2.99. The molecule has 5 nitrogen and oxygen atoms in total. The molecule has 1 aromatic carbocycles. The fraction of sp³-hybridized carbons (Fsp3) is 0.400. The van der Waals surface area contributed by atoms with Gasteiger partial charge < -0.3 is 4.90 Å². The first-order valence-corrected chi connectivity index (χ1v) is 7.93. The molecule has 21 heavy (non-hydrogen) atoms. The van der Waals surface area contributed by atoms with Crippen molar-refractivity contribution in [2.75, 3.05) is 12.8 Å². The van der Waals surface area contributed by atoms with E-state index in [1.807, 2.05) is 25.1 Å². The van der Waals surface area contributed by atoms with Crippen LogP contribution in [0.4, 0.5) is 0 Å². The molecular formula is C15H20N4OS. The van der Waals surface area contributed by atoms with Crippen molar-refractivity contribution in [1.82, 2.24) is 20.1 Å². The van der Waals surface area contributed by atoms with Crippen molar-refractivity contribution in [2.24, 2.45) is 0 Å². The van der Waals surface area contributed by atoms with Gasteiger partial charge in [-0.2, -0.15) is 5.10 Å². The summed E-state index contributed by atoms with van der Waals surface area (Å²) in [5.74, 6) is 2.50. The number of rotatable bonds is 7. The van der Waals surface area contributed by atoms with Crippen LogP contribution in [0, 0.1) is 6.92 Å². The number of H-pyrrole nitrogens is 1. The minimum Gasteiger partial charge on any atom is -0.338 e. The van der Waals surface area contributed by atoms with Gasteiger partial charge in [0.1, 0.15) is 5.82 Å². The van der Waals surface area contributed by atoms with Crippen LogP contribution in [0.5, 0.6) is 0 Å². The molecule has 6 heteroatoms. The van der Waals surface area contributed by atoms with Crippen LogP contribution in [0.2, 0.25) is 0 Å². The van der Waals surface area contributed by atoms with Gasteiger partial charge in [-0.15, -0.1) is 11.8 Å². The fourth-order valence-corrected chi connectivity index (χ4v) is 2.75. The summed E-state index contributed by atoms with van der Waals surface area (Å²) < 4.78 is 0. The Morgan fingerprint density at radius 1 is 1.33 bits per heavy atom. The van der Waals surface area contributed by atoms with Crippen LogP contribution in [0.1, 0.15) is 24.5 Å². The first kappa shape index (κ1) is 15.6. The molecular weight excluding hydrogens is 284 g/mol. The number of aromatic amines is 1. The molecule has 0 radical (unpaired) electrons. The highest BCUT2D eigenvalue weighted by Crippen LogP contribution is 2.18. The van der Waals surface area contributed by atoms with E-state index >= 15 is 0 Å². The summed E-state index contributed by atoms with van der Waals surface area (Å²) in [4.78, 5) is 19.1. The highest BCUT2D eigenvalue weighted by atomic mass is 32.2. The lowest BCUT2D eigenvalue weighted by Gasteiger charge is -2.14. The Hall–Kier alpha value is -1.82. The van der Waals surface area contributed by atoms with E-state index in [-0.39, 0.29) is 5.91 Å². The minimum absolute atomic E-state index is 0.131. The molecule has 0 saturated heterocycles. The SMILES string of the molecule is Cc1nc(CN(C)C(=O)CCCSc2ccccc2)n[nH]1. The van der Waals surface area contributed by atoms with E-state index < -0.39 is 0 Å². The molecule has 0 spiro atoms. The zero-order valence-electron chi connectivity index (χ0n) is 12.4. The fourth-order valence-electron chi connectivity index (χ4n) is 1.88. The molecule has 0 fully saturated rings. The summed E-state index contributed by atoms with van der Waals surface area (Å²) in [6.45, 7) is 2.30. The highest BCUT2D eigenvalue weighted by Gasteiger charge is 2.11. The molecule has 0 bridgehead atoms. The van der Waals surface area contributed by atoms with Crippen molar-refractivity contribution in [3.8, 4) is 0 Å². The molecule has 0 saturated carbocycles. The predicted octanol–water partition coefficient (Wildman–Crippen LogP) is 2.64. The zero-order valence-corrected chi connectivity index (χ0v) is 13.2. The van der Waals surface area contributed by atoms with Gasteiger partial charge in [-0.25, -0.2) is 4.98 Å². The summed E-state index contributed by atoms with van der Waals surface area (Å²) in [5, 5.41) is 6.82. The van der Waals surface area contributed by atoms with Crippen LogP contribution in [-0.2, 0) is 11.3 Å². The molecule has 2 aromatic rings. The standard InChI is InChI=1S/C15H20N4OS/c1-12-16-14(18-17-12)11-19(2)15(20)9-6-10-21-13-7-4-3-5-8-13/h3-5,7-8H,6,9-11H2,1-2H3,(H,16,17,18). The lowest BCUT2D eigenvalue weighted by atomic mass is 10.3. The van der Waals surface area contributed by atoms with E-state index in [4.69, 9.17) is 0 Å². The average molecular weight is 304 g/mol. The molecule has 0 unspecified atom stereocenters. The van der Waals surface area contributed by atoms with Gasteiger partial charge >= 0.3 is 0 Å². The Kier molecular flexibility index (Phi) is 5.80. The quantitative estimate of drug-likeness (QED) is 0.631. The predicted molar refractivity (Wildman–Crippen MR) is 84.0 cm³/mol. The topological polar surface area (TPSA) is 61.9 Å². The molecule has 0 atom stereocenters. The van der Waals surface area contributed by atoms with Crippen molar-refractivity contribution >= 4 is 17.7 Å². The number of thioether (sulfide) groups is 1. The molecule has 112 valence electrons. The lowest BCUT2D eigenvalue weighted by Crippen LogP contribution is -2.26. The van der Waals surface area contributed by atoms with Crippen molar-refractivity contribution in [3.63, 3.8) is 0 Å². The van der Waals surface area contributed by atoms with Gasteiger partial charge in [0.15, 0.2) is 5.82 Å². The van der Waals surface area contributed by atoms with E-state index in [1.54, 1.807) is 23.7 Å².